The SMILES string of the molecule is Cn1c(CF)cc2cc(N)ccc21. The number of aromatic nitrogens is 1. The minimum absolute atomic E-state index is 0.439. The van der Waals surface area contributed by atoms with E-state index in [9.17, 15) is 4.39 Å². The first-order chi connectivity index (χ1) is 6.22. The standard InChI is InChI=1S/C10H11FN2/c1-13-9(6-11)5-7-4-8(12)2-3-10(7)13/h2-5H,6,12H2,1H3. The lowest BCUT2D eigenvalue weighted by Crippen LogP contribution is -1.92. The summed E-state index contributed by atoms with van der Waals surface area (Å²) in [4.78, 5) is 0. The number of halogens is 1. The average molecular weight is 178 g/mol. The van der Waals surface area contributed by atoms with E-state index in [1.165, 1.54) is 0 Å². The van der Waals surface area contributed by atoms with Crippen LogP contribution in [0.25, 0.3) is 10.9 Å². The van der Waals surface area contributed by atoms with Gasteiger partial charge in [0.15, 0.2) is 0 Å². The number of nitrogen functional groups attached to an aromatic ring is 1. The van der Waals surface area contributed by atoms with Crippen LogP contribution in [0.3, 0.4) is 0 Å². The van der Waals surface area contributed by atoms with Gasteiger partial charge in [0.05, 0.1) is 0 Å². The fourth-order valence-corrected chi connectivity index (χ4v) is 1.55. The summed E-state index contributed by atoms with van der Waals surface area (Å²) in [6.07, 6.45) is 0. The van der Waals surface area contributed by atoms with E-state index in [1.807, 2.05) is 35.9 Å². The fourth-order valence-electron chi connectivity index (χ4n) is 1.55. The minimum Gasteiger partial charge on any atom is -0.399 e. The van der Waals surface area contributed by atoms with Crippen molar-refractivity contribution in [1.82, 2.24) is 4.57 Å². The molecule has 0 atom stereocenters. The van der Waals surface area contributed by atoms with E-state index in [2.05, 4.69) is 0 Å². The molecule has 0 saturated carbocycles. The predicted molar refractivity (Wildman–Crippen MR) is 52.1 cm³/mol. The van der Waals surface area contributed by atoms with Crippen LogP contribution in [0.2, 0.25) is 0 Å². The smallest absolute Gasteiger partial charge is 0.129 e. The summed E-state index contributed by atoms with van der Waals surface area (Å²) in [6, 6.07) is 7.41. The zero-order chi connectivity index (χ0) is 9.42. The third-order valence-corrected chi connectivity index (χ3v) is 2.30. The van der Waals surface area contributed by atoms with Crippen LogP contribution in [-0.4, -0.2) is 4.57 Å². The Labute approximate surface area is 75.8 Å². The highest BCUT2D eigenvalue weighted by Crippen LogP contribution is 2.21. The van der Waals surface area contributed by atoms with Gasteiger partial charge in [0.2, 0.25) is 0 Å². The normalized spacial score (nSPS) is 10.9. The maximum absolute atomic E-state index is 12.5. The Morgan fingerprint density at radius 3 is 2.85 bits per heavy atom. The lowest BCUT2D eigenvalue weighted by atomic mass is 10.2. The molecular formula is C10H11FN2. The molecule has 68 valence electrons. The zero-order valence-corrected chi connectivity index (χ0v) is 7.42. The van der Waals surface area contributed by atoms with E-state index >= 15 is 0 Å². The molecule has 1 aromatic carbocycles. The van der Waals surface area contributed by atoms with Gasteiger partial charge in [-0.2, -0.15) is 0 Å². The molecular weight excluding hydrogens is 167 g/mol. The number of nitrogens with zero attached hydrogens (tertiary/aromatic N) is 1. The van der Waals surface area contributed by atoms with E-state index in [0.29, 0.717) is 11.4 Å². The van der Waals surface area contributed by atoms with Crippen LogP contribution in [0.1, 0.15) is 5.69 Å². The number of hydrogen-bond donors (Lipinski definition) is 1. The van der Waals surface area contributed by atoms with E-state index in [-0.39, 0.29) is 0 Å². The Balaban J connectivity index is 2.76. The lowest BCUT2D eigenvalue weighted by Gasteiger charge is -1.99. The van der Waals surface area contributed by atoms with Gasteiger partial charge in [-0.25, -0.2) is 4.39 Å². The quantitative estimate of drug-likeness (QED) is 0.667. The second kappa shape index (κ2) is 2.76. The number of hydrogen-bond acceptors (Lipinski definition) is 1. The van der Waals surface area contributed by atoms with E-state index in [0.717, 1.165) is 10.9 Å². The maximum atomic E-state index is 12.5. The van der Waals surface area contributed by atoms with Gasteiger partial charge >= 0.3 is 0 Å². The van der Waals surface area contributed by atoms with Gasteiger partial charge in [0, 0.05) is 29.3 Å². The number of aryl methyl sites for hydroxylation is 1. The molecule has 0 saturated heterocycles. The highest BCUT2D eigenvalue weighted by atomic mass is 19.1. The number of fused-ring (bicyclic) bond motifs is 1. The second-order valence-corrected chi connectivity index (χ2v) is 3.15. The van der Waals surface area contributed by atoms with E-state index in [4.69, 9.17) is 5.73 Å². The molecule has 0 aliphatic rings. The first-order valence-electron chi connectivity index (χ1n) is 4.12. The van der Waals surface area contributed by atoms with E-state index in [1.54, 1.807) is 0 Å². The molecule has 2 nitrogen and oxygen atoms in total. The Hall–Kier alpha value is -1.51. The van der Waals surface area contributed by atoms with Crippen LogP contribution in [0.4, 0.5) is 10.1 Å². The van der Waals surface area contributed by atoms with Crippen molar-refractivity contribution in [3.05, 3.63) is 30.0 Å². The Morgan fingerprint density at radius 1 is 1.38 bits per heavy atom. The molecule has 2 N–H and O–H groups in total. The van der Waals surface area contributed by atoms with Gasteiger partial charge in [-0.15, -0.1) is 0 Å². The Kier molecular flexibility index (Phi) is 1.72. The summed E-state index contributed by atoms with van der Waals surface area (Å²) in [5.74, 6) is 0. The number of anilines is 1. The molecule has 0 spiro atoms. The fraction of sp³-hybridized carbons (Fsp3) is 0.200. The molecule has 1 aromatic heterocycles. The van der Waals surface area contributed by atoms with Gasteiger partial charge in [-0.05, 0) is 24.3 Å². The van der Waals surface area contributed by atoms with Crippen LogP contribution in [0.15, 0.2) is 24.3 Å². The van der Waals surface area contributed by atoms with Gasteiger partial charge in [-0.3, -0.25) is 0 Å². The third-order valence-electron chi connectivity index (χ3n) is 2.30. The van der Waals surface area contributed by atoms with Gasteiger partial charge in [0.25, 0.3) is 0 Å². The van der Waals surface area contributed by atoms with Crippen molar-refractivity contribution in [3.63, 3.8) is 0 Å². The first-order valence-corrected chi connectivity index (χ1v) is 4.12. The third kappa shape index (κ3) is 1.16. The summed E-state index contributed by atoms with van der Waals surface area (Å²) in [6.45, 7) is -0.439. The van der Waals surface area contributed by atoms with Gasteiger partial charge in [-0.1, -0.05) is 0 Å². The number of nitrogens with two attached hydrogens (primary N) is 1. The van der Waals surface area contributed by atoms with Crippen LogP contribution in [0.5, 0.6) is 0 Å². The zero-order valence-electron chi connectivity index (χ0n) is 7.42. The van der Waals surface area contributed by atoms with Crippen LogP contribution >= 0.6 is 0 Å². The van der Waals surface area contributed by atoms with Gasteiger partial charge < -0.3 is 10.3 Å². The number of benzene rings is 1. The summed E-state index contributed by atoms with van der Waals surface area (Å²) in [5, 5.41) is 0.996. The summed E-state index contributed by atoms with van der Waals surface area (Å²) in [7, 11) is 1.85. The van der Waals surface area contributed by atoms with Crippen LogP contribution in [0, 0.1) is 0 Å². The van der Waals surface area contributed by atoms with Crippen molar-refractivity contribution in [2.24, 2.45) is 7.05 Å². The molecule has 3 heteroatoms. The number of rotatable bonds is 1. The molecule has 0 radical (unpaired) electrons. The van der Waals surface area contributed by atoms with Gasteiger partial charge in [0.1, 0.15) is 6.67 Å². The lowest BCUT2D eigenvalue weighted by molar-refractivity contribution is 0.467. The molecule has 0 fully saturated rings. The molecule has 0 aliphatic carbocycles. The van der Waals surface area contributed by atoms with E-state index < -0.39 is 6.67 Å². The molecule has 1 heterocycles. The highest BCUT2D eigenvalue weighted by molar-refractivity contribution is 5.84. The monoisotopic (exact) mass is 178 g/mol. The summed E-state index contributed by atoms with van der Waals surface area (Å²) >= 11 is 0. The Morgan fingerprint density at radius 2 is 2.15 bits per heavy atom. The molecule has 0 amide bonds. The first kappa shape index (κ1) is 8.10. The molecule has 0 bridgehead atoms. The predicted octanol–water partition coefficient (Wildman–Crippen LogP) is 2.23. The molecule has 2 aromatic rings. The average Bonchev–Trinajstić information content (AvgIpc) is 2.42. The van der Waals surface area contributed by atoms with Crippen LogP contribution < -0.4 is 5.73 Å². The molecule has 13 heavy (non-hydrogen) atoms. The minimum atomic E-state index is -0.439. The summed E-state index contributed by atoms with van der Waals surface area (Å²) in [5.41, 5.74) is 8.03. The van der Waals surface area contributed by atoms with Crippen molar-refractivity contribution in [3.8, 4) is 0 Å². The molecule has 0 unspecified atom stereocenters. The molecule has 2 rings (SSSR count). The largest absolute Gasteiger partial charge is 0.399 e. The maximum Gasteiger partial charge on any atom is 0.129 e. The Bertz CT molecular complexity index is 445. The van der Waals surface area contributed by atoms with Crippen molar-refractivity contribution in [2.45, 2.75) is 6.67 Å². The second-order valence-electron chi connectivity index (χ2n) is 3.15. The number of alkyl halides is 1. The van der Waals surface area contributed by atoms with Crippen molar-refractivity contribution < 1.29 is 4.39 Å². The van der Waals surface area contributed by atoms with Crippen molar-refractivity contribution in [1.29, 1.82) is 0 Å². The highest BCUT2D eigenvalue weighted by Gasteiger charge is 2.04. The van der Waals surface area contributed by atoms with Crippen molar-refractivity contribution >= 4 is 16.6 Å². The topological polar surface area (TPSA) is 30.9 Å². The molecule has 0 aliphatic heterocycles. The van der Waals surface area contributed by atoms with Crippen LogP contribution in [-0.2, 0) is 13.7 Å². The van der Waals surface area contributed by atoms with Crippen molar-refractivity contribution in [2.75, 3.05) is 5.73 Å². The summed E-state index contributed by atoms with van der Waals surface area (Å²) < 4.78 is 14.3.